The molecule has 5 nitrogen and oxygen atoms in total. The van der Waals surface area contributed by atoms with E-state index >= 15 is 0 Å². The maximum absolute atomic E-state index is 10.6. The van der Waals surface area contributed by atoms with Gasteiger partial charge >= 0.3 is 4.46 Å². The van der Waals surface area contributed by atoms with Gasteiger partial charge in [0.05, 0.1) is 4.92 Å². The van der Waals surface area contributed by atoms with E-state index in [9.17, 15) is 10.1 Å². The van der Waals surface area contributed by atoms with Gasteiger partial charge in [-0.2, -0.15) is 0 Å². The second kappa shape index (κ2) is 4.35. The van der Waals surface area contributed by atoms with Crippen LogP contribution in [0.15, 0.2) is 40.9 Å². The summed E-state index contributed by atoms with van der Waals surface area (Å²) in [7, 11) is 0. The van der Waals surface area contributed by atoms with Gasteiger partial charge in [0, 0.05) is 11.6 Å². The van der Waals surface area contributed by atoms with E-state index in [0.717, 1.165) is 5.56 Å². The molecule has 88 valence electrons. The number of halogens is 2. The second-order valence-electron chi connectivity index (χ2n) is 3.24. The van der Waals surface area contributed by atoms with Gasteiger partial charge in [-0.1, -0.05) is 35.5 Å². The Kier molecular flexibility index (Phi) is 3.04. The molecule has 1 heterocycles. The van der Waals surface area contributed by atoms with E-state index in [1.54, 1.807) is 24.3 Å². The molecule has 7 heteroatoms. The minimum Gasteiger partial charge on any atom is -0.356 e. The number of aromatic nitrogens is 1. The van der Waals surface area contributed by atoms with Gasteiger partial charge < -0.3 is 4.52 Å². The molecule has 0 radical (unpaired) electrons. The molecular weight excluding hydrogens is 267 g/mol. The normalized spacial score (nSPS) is 11.4. The number of nitro groups is 1. The molecule has 0 saturated carbocycles. The molecule has 0 aliphatic carbocycles. The number of nitrogens with zero attached hydrogens (tertiary/aromatic N) is 2. The predicted molar refractivity (Wildman–Crippen MR) is 62.3 cm³/mol. The summed E-state index contributed by atoms with van der Waals surface area (Å²) in [5.74, 6) is 0.369. The molecule has 0 aliphatic rings. The first-order valence-corrected chi connectivity index (χ1v) is 5.32. The van der Waals surface area contributed by atoms with E-state index in [1.165, 1.54) is 6.07 Å². The number of rotatable bonds is 3. The molecule has 0 bridgehead atoms. The van der Waals surface area contributed by atoms with E-state index in [-0.39, 0.29) is 5.69 Å². The molecule has 0 N–H and O–H groups in total. The second-order valence-corrected chi connectivity index (χ2v) is 4.53. The van der Waals surface area contributed by atoms with Gasteiger partial charge in [0.1, 0.15) is 0 Å². The van der Waals surface area contributed by atoms with Crippen LogP contribution in [-0.4, -0.2) is 10.1 Å². The summed E-state index contributed by atoms with van der Waals surface area (Å²) < 4.78 is 2.67. The Morgan fingerprint density at radius 2 is 1.94 bits per heavy atom. The van der Waals surface area contributed by atoms with Gasteiger partial charge in [0.2, 0.25) is 0 Å². The summed E-state index contributed by atoms with van der Waals surface area (Å²) in [4.78, 5) is 9.78. The first kappa shape index (κ1) is 11.9. The summed E-state index contributed by atoms with van der Waals surface area (Å²) in [5, 5.41) is 14.1. The van der Waals surface area contributed by atoms with Crippen LogP contribution in [-0.2, 0) is 4.46 Å². The summed E-state index contributed by atoms with van der Waals surface area (Å²) in [6.45, 7) is 0. The quantitative estimate of drug-likeness (QED) is 0.372. The lowest BCUT2D eigenvalue weighted by Gasteiger charge is -2.04. The Balaban J connectivity index is 2.38. The lowest BCUT2D eigenvalue weighted by Crippen LogP contribution is -2.22. The first-order chi connectivity index (χ1) is 8.01. The minimum absolute atomic E-state index is 0.148. The topological polar surface area (TPSA) is 69.2 Å². The highest BCUT2D eigenvalue weighted by molar-refractivity contribution is 6.46. The van der Waals surface area contributed by atoms with Crippen molar-refractivity contribution >= 4 is 23.2 Å². The Labute approximate surface area is 106 Å². The zero-order valence-electron chi connectivity index (χ0n) is 8.34. The molecule has 1 aromatic carbocycles. The van der Waals surface area contributed by atoms with Crippen molar-refractivity contribution in [1.82, 2.24) is 5.16 Å². The number of alkyl halides is 2. The van der Waals surface area contributed by atoms with E-state index in [2.05, 4.69) is 5.16 Å². The largest absolute Gasteiger partial charge is 0.416 e. The molecule has 0 atom stereocenters. The maximum Gasteiger partial charge on any atom is 0.416 e. The van der Waals surface area contributed by atoms with E-state index < -0.39 is 9.38 Å². The van der Waals surface area contributed by atoms with Crippen molar-refractivity contribution in [1.29, 1.82) is 0 Å². The standard InChI is InChI=1S/C10H6Cl2N2O3/c11-10(12,14(15)16)9-6-8(17-13-9)7-4-2-1-3-5-7/h1-6H. The van der Waals surface area contributed by atoms with Crippen molar-refractivity contribution in [3.8, 4) is 11.3 Å². The molecule has 2 aromatic rings. The zero-order chi connectivity index (χ0) is 12.5. The summed E-state index contributed by atoms with van der Waals surface area (Å²) in [5.41, 5.74) is 0.586. The zero-order valence-corrected chi connectivity index (χ0v) is 9.85. The lowest BCUT2D eigenvalue weighted by atomic mass is 10.2. The van der Waals surface area contributed by atoms with Crippen LogP contribution in [0, 0.1) is 10.1 Å². The van der Waals surface area contributed by atoms with Crippen molar-refractivity contribution in [2.75, 3.05) is 0 Å². The average Bonchev–Trinajstić information content (AvgIpc) is 2.80. The summed E-state index contributed by atoms with van der Waals surface area (Å²) in [6.07, 6.45) is 0. The van der Waals surface area contributed by atoms with Crippen LogP contribution in [0.4, 0.5) is 0 Å². The fraction of sp³-hybridized carbons (Fsp3) is 0.100. The Bertz CT molecular complexity index is 539. The molecule has 17 heavy (non-hydrogen) atoms. The molecule has 0 unspecified atom stereocenters. The minimum atomic E-state index is -2.30. The molecule has 1 aromatic heterocycles. The van der Waals surface area contributed by atoms with Gasteiger partial charge in [-0.3, -0.25) is 10.1 Å². The lowest BCUT2D eigenvalue weighted by molar-refractivity contribution is -0.523. The highest BCUT2D eigenvalue weighted by Crippen LogP contribution is 2.35. The molecule has 0 saturated heterocycles. The van der Waals surface area contributed by atoms with Gasteiger partial charge in [-0.25, -0.2) is 0 Å². The van der Waals surface area contributed by atoms with Crippen LogP contribution < -0.4 is 0 Å². The highest BCUT2D eigenvalue weighted by Gasteiger charge is 2.44. The Morgan fingerprint density at radius 3 is 2.53 bits per heavy atom. The van der Waals surface area contributed by atoms with Crippen LogP contribution >= 0.6 is 23.2 Å². The van der Waals surface area contributed by atoms with Crippen LogP contribution in [0.3, 0.4) is 0 Å². The Morgan fingerprint density at radius 1 is 1.29 bits per heavy atom. The molecule has 0 fully saturated rings. The number of hydrogen-bond acceptors (Lipinski definition) is 4. The van der Waals surface area contributed by atoms with E-state index in [0.29, 0.717) is 5.76 Å². The summed E-state index contributed by atoms with van der Waals surface area (Å²) in [6, 6.07) is 10.4. The van der Waals surface area contributed by atoms with Gasteiger partial charge in [0.25, 0.3) is 0 Å². The fourth-order valence-corrected chi connectivity index (χ4v) is 1.43. The maximum atomic E-state index is 10.6. The number of benzene rings is 1. The monoisotopic (exact) mass is 272 g/mol. The highest BCUT2D eigenvalue weighted by atomic mass is 35.5. The van der Waals surface area contributed by atoms with Crippen molar-refractivity contribution < 1.29 is 9.45 Å². The van der Waals surface area contributed by atoms with Gasteiger partial charge in [-0.15, -0.1) is 0 Å². The molecule has 0 aliphatic heterocycles. The number of hydrogen-bond donors (Lipinski definition) is 0. The first-order valence-electron chi connectivity index (χ1n) is 4.57. The predicted octanol–water partition coefficient (Wildman–Crippen LogP) is 3.21. The van der Waals surface area contributed by atoms with Crippen molar-refractivity contribution in [3.63, 3.8) is 0 Å². The fourth-order valence-electron chi connectivity index (χ4n) is 1.25. The van der Waals surface area contributed by atoms with Crippen molar-refractivity contribution in [3.05, 3.63) is 52.2 Å². The third-order valence-corrected chi connectivity index (χ3v) is 2.77. The third-order valence-electron chi connectivity index (χ3n) is 2.11. The average molecular weight is 273 g/mol. The van der Waals surface area contributed by atoms with Crippen LogP contribution in [0.1, 0.15) is 5.69 Å². The third kappa shape index (κ3) is 2.25. The van der Waals surface area contributed by atoms with E-state index in [1.807, 2.05) is 6.07 Å². The van der Waals surface area contributed by atoms with Gasteiger partial charge in [0.15, 0.2) is 11.5 Å². The van der Waals surface area contributed by atoms with Crippen LogP contribution in [0.25, 0.3) is 11.3 Å². The molecular formula is C10H6Cl2N2O3. The van der Waals surface area contributed by atoms with Crippen molar-refractivity contribution in [2.45, 2.75) is 4.46 Å². The summed E-state index contributed by atoms with van der Waals surface area (Å²) >= 11 is 11.1. The van der Waals surface area contributed by atoms with Crippen molar-refractivity contribution in [2.24, 2.45) is 0 Å². The SMILES string of the molecule is O=[N+]([O-])C(Cl)(Cl)c1cc(-c2ccccc2)on1. The van der Waals surface area contributed by atoms with Gasteiger partial charge in [-0.05, 0) is 23.2 Å². The molecule has 2 rings (SSSR count). The smallest absolute Gasteiger partial charge is 0.356 e. The molecule has 0 spiro atoms. The molecule has 0 amide bonds. The van der Waals surface area contributed by atoms with E-state index in [4.69, 9.17) is 27.7 Å². The van der Waals surface area contributed by atoms with Crippen LogP contribution in [0.5, 0.6) is 0 Å². The Hall–Kier alpha value is -1.59. The van der Waals surface area contributed by atoms with Crippen LogP contribution in [0.2, 0.25) is 0 Å².